The van der Waals surface area contributed by atoms with Crippen LogP contribution in [0.5, 0.6) is 0 Å². The molecule has 116 valence electrons. The predicted molar refractivity (Wildman–Crippen MR) is 81.5 cm³/mol. The summed E-state index contributed by atoms with van der Waals surface area (Å²) in [7, 11) is 0. The molecule has 0 aromatic carbocycles. The van der Waals surface area contributed by atoms with E-state index in [4.69, 9.17) is 0 Å². The zero-order chi connectivity index (χ0) is 14.8. The minimum Gasteiger partial charge on any atom is -0.324 e. The molecule has 0 spiro atoms. The fourth-order valence-corrected chi connectivity index (χ4v) is 2.72. The standard InChI is InChI=1S/C16H30N2O2/c1-3-4-5-6-7-8-9-10-11-12-13-16(2)14(19)17-15(20)18-16/h3-13H2,1-2H3,(H2,17,18,19,20). The smallest absolute Gasteiger partial charge is 0.322 e. The molecule has 0 radical (unpaired) electrons. The van der Waals surface area contributed by atoms with E-state index in [9.17, 15) is 9.59 Å². The molecule has 1 aliphatic heterocycles. The van der Waals surface area contributed by atoms with Crippen LogP contribution in [0.3, 0.4) is 0 Å². The molecular formula is C16H30N2O2. The second-order valence-electron chi connectivity index (χ2n) is 6.17. The lowest BCUT2D eigenvalue weighted by Gasteiger charge is -2.19. The first-order valence-electron chi connectivity index (χ1n) is 8.22. The predicted octanol–water partition coefficient (Wildman–Crippen LogP) is 3.90. The number of amides is 3. The number of urea groups is 1. The van der Waals surface area contributed by atoms with Crippen molar-refractivity contribution < 1.29 is 9.59 Å². The summed E-state index contributed by atoms with van der Waals surface area (Å²) in [4.78, 5) is 22.7. The zero-order valence-corrected chi connectivity index (χ0v) is 13.1. The van der Waals surface area contributed by atoms with E-state index >= 15 is 0 Å². The van der Waals surface area contributed by atoms with Gasteiger partial charge in [-0.25, -0.2) is 4.79 Å². The molecule has 1 saturated heterocycles. The molecule has 1 fully saturated rings. The minimum absolute atomic E-state index is 0.182. The summed E-state index contributed by atoms with van der Waals surface area (Å²) >= 11 is 0. The van der Waals surface area contributed by atoms with Crippen molar-refractivity contribution >= 4 is 11.9 Å². The largest absolute Gasteiger partial charge is 0.324 e. The summed E-state index contributed by atoms with van der Waals surface area (Å²) in [6, 6.07) is -0.357. The first kappa shape index (κ1) is 17.0. The Kier molecular flexibility index (Phi) is 7.63. The molecule has 1 rings (SSSR count). The molecule has 0 saturated carbocycles. The van der Waals surface area contributed by atoms with Gasteiger partial charge in [-0.1, -0.05) is 71.1 Å². The molecule has 0 aromatic heterocycles. The highest BCUT2D eigenvalue weighted by atomic mass is 16.2. The molecule has 4 heteroatoms. The van der Waals surface area contributed by atoms with E-state index < -0.39 is 5.54 Å². The van der Waals surface area contributed by atoms with Gasteiger partial charge in [0.05, 0.1) is 0 Å². The third-order valence-corrected chi connectivity index (χ3v) is 4.15. The van der Waals surface area contributed by atoms with Crippen molar-refractivity contribution in [2.75, 3.05) is 0 Å². The second kappa shape index (κ2) is 8.98. The van der Waals surface area contributed by atoms with Crippen LogP contribution in [0.1, 0.15) is 84.5 Å². The summed E-state index contributed by atoms with van der Waals surface area (Å²) in [6.45, 7) is 4.05. The Morgan fingerprint density at radius 1 is 0.850 bits per heavy atom. The van der Waals surface area contributed by atoms with Crippen molar-refractivity contribution in [2.45, 2.75) is 90.0 Å². The normalized spacial score (nSPS) is 21.9. The molecule has 1 unspecified atom stereocenters. The number of unbranched alkanes of at least 4 members (excludes halogenated alkanes) is 9. The highest BCUT2D eigenvalue weighted by Crippen LogP contribution is 2.19. The second-order valence-corrected chi connectivity index (χ2v) is 6.17. The van der Waals surface area contributed by atoms with Gasteiger partial charge >= 0.3 is 6.03 Å². The lowest BCUT2D eigenvalue weighted by atomic mass is 9.94. The fourth-order valence-electron chi connectivity index (χ4n) is 2.72. The molecule has 4 nitrogen and oxygen atoms in total. The molecule has 1 atom stereocenters. The molecule has 20 heavy (non-hydrogen) atoms. The van der Waals surface area contributed by atoms with Gasteiger partial charge in [-0.15, -0.1) is 0 Å². The first-order valence-corrected chi connectivity index (χ1v) is 8.22. The lowest BCUT2D eigenvalue weighted by Crippen LogP contribution is -2.43. The van der Waals surface area contributed by atoms with E-state index in [1.54, 1.807) is 6.92 Å². The molecule has 1 heterocycles. The SMILES string of the molecule is CCCCCCCCCCCCC1(C)NC(=O)NC1=O. The molecule has 2 N–H and O–H groups in total. The Hall–Kier alpha value is -1.06. The van der Waals surface area contributed by atoms with E-state index in [2.05, 4.69) is 17.6 Å². The van der Waals surface area contributed by atoms with Gasteiger partial charge in [-0.3, -0.25) is 10.1 Å². The summed E-state index contributed by atoms with van der Waals surface area (Å²) in [6.07, 6.45) is 13.5. The number of hydrogen-bond acceptors (Lipinski definition) is 2. The quantitative estimate of drug-likeness (QED) is 0.446. The highest BCUT2D eigenvalue weighted by molar-refractivity contribution is 6.06. The number of rotatable bonds is 11. The van der Waals surface area contributed by atoms with Gasteiger partial charge in [0, 0.05) is 0 Å². The summed E-state index contributed by atoms with van der Waals surface area (Å²) < 4.78 is 0. The first-order chi connectivity index (χ1) is 9.58. The van der Waals surface area contributed by atoms with Crippen LogP contribution in [-0.2, 0) is 4.79 Å². The third-order valence-electron chi connectivity index (χ3n) is 4.15. The van der Waals surface area contributed by atoms with E-state index in [1.165, 1.54) is 51.4 Å². The van der Waals surface area contributed by atoms with Gasteiger partial charge in [-0.2, -0.15) is 0 Å². The van der Waals surface area contributed by atoms with Gasteiger partial charge in [0.15, 0.2) is 0 Å². The van der Waals surface area contributed by atoms with Crippen LogP contribution in [0.25, 0.3) is 0 Å². The highest BCUT2D eigenvalue weighted by Gasteiger charge is 2.40. The van der Waals surface area contributed by atoms with E-state index in [-0.39, 0.29) is 11.9 Å². The average molecular weight is 282 g/mol. The van der Waals surface area contributed by atoms with Crippen LogP contribution in [0.4, 0.5) is 4.79 Å². The Morgan fingerprint density at radius 2 is 1.35 bits per heavy atom. The van der Waals surface area contributed by atoms with Crippen LogP contribution in [0.15, 0.2) is 0 Å². The number of carbonyl (C=O) groups is 2. The van der Waals surface area contributed by atoms with Crippen molar-refractivity contribution in [3.8, 4) is 0 Å². The van der Waals surface area contributed by atoms with Crippen molar-refractivity contribution in [3.05, 3.63) is 0 Å². The van der Waals surface area contributed by atoms with Crippen LogP contribution in [0.2, 0.25) is 0 Å². The number of nitrogens with one attached hydrogen (secondary N) is 2. The van der Waals surface area contributed by atoms with Gasteiger partial charge in [-0.05, 0) is 13.3 Å². The van der Waals surface area contributed by atoms with Crippen LogP contribution >= 0.6 is 0 Å². The van der Waals surface area contributed by atoms with Gasteiger partial charge in [0.1, 0.15) is 5.54 Å². The van der Waals surface area contributed by atoms with E-state index in [0.717, 1.165) is 19.3 Å². The molecule has 0 bridgehead atoms. The molecule has 1 aliphatic rings. The molecular weight excluding hydrogens is 252 g/mol. The monoisotopic (exact) mass is 282 g/mol. The Balaban J connectivity index is 1.95. The zero-order valence-electron chi connectivity index (χ0n) is 13.1. The van der Waals surface area contributed by atoms with Crippen molar-refractivity contribution in [2.24, 2.45) is 0 Å². The van der Waals surface area contributed by atoms with Crippen LogP contribution in [0, 0.1) is 0 Å². The maximum atomic E-state index is 11.6. The Morgan fingerprint density at radius 3 is 1.80 bits per heavy atom. The summed E-state index contributed by atoms with van der Waals surface area (Å²) in [5.74, 6) is -0.182. The maximum Gasteiger partial charge on any atom is 0.322 e. The Labute approximate surface area is 123 Å². The summed E-state index contributed by atoms with van der Waals surface area (Å²) in [5.41, 5.74) is -0.683. The number of carbonyl (C=O) groups excluding carboxylic acids is 2. The lowest BCUT2D eigenvalue weighted by molar-refractivity contribution is -0.123. The molecule has 0 aromatic rings. The third kappa shape index (κ3) is 5.93. The van der Waals surface area contributed by atoms with Crippen molar-refractivity contribution in [1.29, 1.82) is 0 Å². The van der Waals surface area contributed by atoms with E-state index in [0.29, 0.717) is 0 Å². The van der Waals surface area contributed by atoms with Crippen LogP contribution < -0.4 is 10.6 Å². The minimum atomic E-state index is -0.683. The number of hydrogen-bond donors (Lipinski definition) is 2. The molecule has 3 amide bonds. The van der Waals surface area contributed by atoms with Crippen molar-refractivity contribution in [3.63, 3.8) is 0 Å². The van der Waals surface area contributed by atoms with Gasteiger partial charge in [0.2, 0.25) is 0 Å². The van der Waals surface area contributed by atoms with E-state index in [1.807, 2.05) is 0 Å². The van der Waals surface area contributed by atoms with Gasteiger partial charge in [0.25, 0.3) is 5.91 Å². The van der Waals surface area contributed by atoms with Crippen molar-refractivity contribution in [1.82, 2.24) is 10.6 Å². The fraction of sp³-hybridized carbons (Fsp3) is 0.875. The van der Waals surface area contributed by atoms with Gasteiger partial charge < -0.3 is 5.32 Å². The Bertz CT molecular complexity index is 318. The number of imide groups is 1. The maximum absolute atomic E-state index is 11.6. The average Bonchev–Trinajstić information content (AvgIpc) is 2.65. The summed E-state index contributed by atoms with van der Waals surface area (Å²) in [5, 5.41) is 5.02. The van der Waals surface area contributed by atoms with Crippen LogP contribution in [-0.4, -0.2) is 17.5 Å². The topological polar surface area (TPSA) is 58.2 Å². The molecule has 0 aliphatic carbocycles.